The lowest BCUT2D eigenvalue weighted by molar-refractivity contribution is -0.101. The molecule has 1 rings (SSSR count). The lowest BCUT2D eigenvalue weighted by Crippen LogP contribution is -2.34. The van der Waals surface area contributed by atoms with Crippen molar-refractivity contribution in [2.24, 2.45) is 0 Å². The van der Waals surface area contributed by atoms with Gasteiger partial charge in [0.05, 0.1) is 37.4 Å². The van der Waals surface area contributed by atoms with Gasteiger partial charge in [-0.05, 0) is 26.7 Å². The highest BCUT2D eigenvalue weighted by Gasteiger charge is 2.24. The van der Waals surface area contributed by atoms with Crippen LogP contribution in [0.2, 0.25) is 0 Å². The van der Waals surface area contributed by atoms with E-state index in [1.54, 1.807) is 0 Å². The number of ether oxygens (including phenoxy) is 2. The molecule has 0 radical (unpaired) electrons. The Morgan fingerprint density at radius 1 is 1.38 bits per heavy atom. The van der Waals surface area contributed by atoms with Crippen molar-refractivity contribution in [3.05, 3.63) is 0 Å². The smallest absolute Gasteiger partial charge is 0.0645 e. The molecule has 1 aliphatic heterocycles. The van der Waals surface area contributed by atoms with Gasteiger partial charge >= 0.3 is 0 Å². The third kappa shape index (κ3) is 3.75. The van der Waals surface area contributed by atoms with Crippen LogP contribution in [-0.4, -0.2) is 24.9 Å². The molecule has 13 heavy (non-hydrogen) atoms. The van der Waals surface area contributed by atoms with Gasteiger partial charge in [0.1, 0.15) is 0 Å². The molecule has 2 unspecified atom stereocenters. The molecule has 0 amide bonds. The molecular formula is C10H17NO2. The molecule has 0 saturated carbocycles. The number of hydrogen-bond donors (Lipinski definition) is 0. The van der Waals surface area contributed by atoms with E-state index in [0.717, 1.165) is 12.8 Å². The Labute approximate surface area is 79.6 Å². The Balaban J connectivity index is 2.22. The third-order valence-corrected chi connectivity index (χ3v) is 2.22. The van der Waals surface area contributed by atoms with Crippen LogP contribution < -0.4 is 0 Å². The van der Waals surface area contributed by atoms with E-state index in [0.29, 0.717) is 13.0 Å². The molecule has 2 atom stereocenters. The van der Waals surface area contributed by atoms with Crippen molar-refractivity contribution in [2.45, 2.75) is 51.4 Å². The lowest BCUT2D eigenvalue weighted by Gasteiger charge is -2.31. The first-order valence-corrected chi connectivity index (χ1v) is 4.86. The summed E-state index contributed by atoms with van der Waals surface area (Å²) in [4.78, 5) is 0. The normalized spacial score (nSPS) is 34.1. The van der Waals surface area contributed by atoms with Crippen molar-refractivity contribution in [3.8, 4) is 6.07 Å². The van der Waals surface area contributed by atoms with Gasteiger partial charge in [0.15, 0.2) is 0 Å². The van der Waals surface area contributed by atoms with E-state index < -0.39 is 0 Å². The largest absolute Gasteiger partial charge is 0.377 e. The standard InChI is InChI=1S/C10H17NO2/c1-8-6-10(7-9(2)13-8)12-5-3-4-11/h8-10H,3,5-7H2,1-2H3. The second-order valence-electron chi connectivity index (χ2n) is 3.63. The highest BCUT2D eigenvalue weighted by Crippen LogP contribution is 2.21. The molecule has 1 aliphatic rings. The second-order valence-corrected chi connectivity index (χ2v) is 3.63. The molecule has 0 bridgehead atoms. The average Bonchev–Trinajstić information content (AvgIpc) is 2.03. The van der Waals surface area contributed by atoms with Gasteiger partial charge in [0.25, 0.3) is 0 Å². The lowest BCUT2D eigenvalue weighted by atomic mass is 10.0. The minimum Gasteiger partial charge on any atom is -0.377 e. The van der Waals surface area contributed by atoms with Crippen LogP contribution in [0.3, 0.4) is 0 Å². The van der Waals surface area contributed by atoms with Crippen LogP contribution in [0, 0.1) is 11.3 Å². The fourth-order valence-electron chi connectivity index (χ4n) is 1.75. The summed E-state index contributed by atoms with van der Waals surface area (Å²) in [6.07, 6.45) is 3.25. The maximum atomic E-state index is 8.35. The van der Waals surface area contributed by atoms with E-state index in [4.69, 9.17) is 14.7 Å². The first-order valence-electron chi connectivity index (χ1n) is 4.86. The zero-order valence-corrected chi connectivity index (χ0v) is 8.32. The summed E-state index contributed by atoms with van der Waals surface area (Å²) in [5, 5.41) is 8.35. The van der Waals surface area contributed by atoms with Gasteiger partial charge in [-0.2, -0.15) is 5.26 Å². The summed E-state index contributed by atoms with van der Waals surface area (Å²) >= 11 is 0. The molecule has 0 aromatic rings. The molecular weight excluding hydrogens is 166 g/mol. The summed E-state index contributed by atoms with van der Waals surface area (Å²) in [6, 6.07) is 2.07. The van der Waals surface area contributed by atoms with Gasteiger partial charge in [0.2, 0.25) is 0 Å². The molecule has 1 saturated heterocycles. The van der Waals surface area contributed by atoms with Gasteiger partial charge in [-0.15, -0.1) is 0 Å². The minimum atomic E-state index is 0.284. The van der Waals surface area contributed by atoms with Crippen LogP contribution in [0.1, 0.15) is 33.1 Å². The quantitative estimate of drug-likeness (QED) is 0.627. The van der Waals surface area contributed by atoms with E-state index in [1.165, 1.54) is 0 Å². The molecule has 0 aromatic carbocycles. The highest BCUT2D eigenvalue weighted by atomic mass is 16.5. The maximum absolute atomic E-state index is 8.35. The number of nitrogens with zero attached hydrogens (tertiary/aromatic N) is 1. The summed E-state index contributed by atoms with van der Waals surface area (Å²) in [6.45, 7) is 4.69. The number of hydrogen-bond acceptors (Lipinski definition) is 3. The Morgan fingerprint density at radius 3 is 2.54 bits per heavy atom. The maximum Gasteiger partial charge on any atom is 0.0645 e. The summed E-state index contributed by atoms with van der Waals surface area (Å²) in [5.74, 6) is 0. The van der Waals surface area contributed by atoms with E-state index in [2.05, 4.69) is 19.9 Å². The monoisotopic (exact) mass is 183 g/mol. The molecule has 3 nitrogen and oxygen atoms in total. The van der Waals surface area contributed by atoms with Gasteiger partial charge in [-0.1, -0.05) is 0 Å². The topological polar surface area (TPSA) is 42.2 Å². The second kappa shape index (κ2) is 5.21. The van der Waals surface area contributed by atoms with Crippen molar-refractivity contribution < 1.29 is 9.47 Å². The van der Waals surface area contributed by atoms with Crippen LogP contribution >= 0.6 is 0 Å². The van der Waals surface area contributed by atoms with Gasteiger partial charge < -0.3 is 9.47 Å². The first kappa shape index (κ1) is 10.5. The molecule has 1 heterocycles. The van der Waals surface area contributed by atoms with E-state index in [-0.39, 0.29) is 18.3 Å². The van der Waals surface area contributed by atoms with E-state index in [9.17, 15) is 0 Å². The van der Waals surface area contributed by atoms with Crippen LogP contribution in [0.5, 0.6) is 0 Å². The summed E-state index contributed by atoms with van der Waals surface area (Å²) < 4.78 is 11.1. The van der Waals surface area contributed by atoms with Crippen LogP contribution in [0.25, 0.3) is 0 Å². The van der Waals surface area contributed by atoms with Crippen LogP contribution in [0.4, 0.5) is 0 Å². The SMILES string of the molecule is CC1CC(OCCC#N)CC(C)O1. The molecule has 74 valence electrons. The fraction of sp³-hybridized carbons (Fsp3) is 0.900. The van der Waals surface area contributed by atoms with Crippen LogP contribution in [0.15, 0.2) is 0 Å². The van der Waals surface area contributed by atoms with Gasteiger partial charge in [-0.3, -0.25) is 0 Å². The Hall–Kier alpha value is -0.590. The molecule has 1 fully saturated rings. The molecule has 0 aliphatic carbocycles. The van der Waals surface area contributed by atoms with Crippen molar-refractivity contribution in [1.29, 1.82) is 5.26 Å². The predicted molar refractivity (Wildman–Crippen MR) is 49.2 cm³/mol. The summed E-state index contributed by atoms with van der Waals surface area (Å²) in [5.41, 5.74) is 0. The third-order valence-electron chi connectivity index (χ3n) is 2.22. The van der Waals surface area contributed by atoms with E-state index >= 15 is 0 Å². The van der Waals surface area contributed by atoms with Crippen molar-refractivity contribution >= 4 is 0 Å². The Bertz CT molecular complexity index is 178. The van der Waals surface area contributed by atoms with Crippen molar-refractivity contribution in [1.82, 2.24) is 0 Å². The minimum absolute atomic E-state index is 0.284. The molecule has 0 spiro atoms. The zero-order chi connectivity index (χ0) is 9.68. The van der Waals surface area contributed by atoms with E-state index in [1.807, 2.05) is 0 Å². The Morgan fingerprint density at radius 2 is 2.00 bits per heavy atom. The predicted octanol–water partition coefficient (Wildman–Crippen LogP) is 1.87. The van der Waals surface area contributed by atoms with Gasteiger partial charge in [-0.25, -0.2) is 0 Å². The van der Waals surface area contributed by atoms with Crippen LogP contribution in [-0.2, 0) is 9.47 Å². The highest BCUT2D eigenvalue weighted by molar-refractivity contribution is 4.75. The molecule has 0 aromatic heterocycles. The zero-order valence-electron chi connectivity index (χ0n) is 8.32. The van der Waals surface area contributed by atoms with Crippen molar-refractivity contribution in [3.63, 3.8) is 0 Å². The number of nitriles is 1. The summed E-state index contributed by atoms with van der Waals surface area (Å²) in [7, 11) is 0. The Kier molecular flexibility index (Phi) is 4.20. The van der Waals surface area contributed by atoms with Gasteiger partial charge in [0, 0.05) is 0 Å². The average molecular weight is 183 g/mol. The van der Waals surface area contributed by atoms with Crippen molar-refractivity contribution in [2.75, 3.05) is 6.61 Å². The number of rotatable bonds is 3. The first-order chi connectivity index (χ1) is 6.22. The molecule has 3 heteroatoms. The fourth-order valence-corrected chi connectivity index (χ4v) is 1.75. The molecule has 0 N–H and O–H groups in total.